The van der Waals surface area contributed by atoms with Crippen LogP contribution in [0.4, 0.5) is 0 Å². The van der Waals surface area contributed by atoms with Crippen molar-refractivity contribution in [2.75, 3.05) is 33.4 Å². The molecule has 1 saturated heterocycles. The summed E-state index contributed by atoms with van der Waals surface area (Å²) in [6.07, 6.45) is 0. The maximum absolute atomic E-state index is 12.8. The van der Waals surface area contributed by atoms with Gasteiger partial charge in [0.2, 0.25) is 0 Å². The molecular weight excluding hydrogens is 382 g/mol. The van der Waals surface area contributed by atoms with Crippen LogP contribution in [0.3, 0.4) is 0 Å². The first-order valence-corrected chi connectivity index (χ1v) is 10.5. The molecule has 5 nitrogen and oxygen atoms in total. The molecule has 1 fully saturated rings. The summed E-state index contributed by atoms with van der Waals surface area (Å²) in [5.41, 5.74) is 2.07. The van der Waals surface area contributed by atoms with E-state index in [4.69, 9.17) is 8.92 Å². The Morgan fingerprint density at radius 2 is 1.89 bits per heavy atom. The lowest BCUT2D eigenvalue weighted by molar-refractivity contribution is 0.0306. The Balaban J connectivity index is 1.69. The van der Waals surface area contributed by atoms with Crippen molar-refractivity contribution in [3.63, 3.8) is 0 Å². The first-order chi connectivity index (χ1) is 13.2. The average molecular weight is 402 g/mol. The van der Waals surface area contributed by atoms with Crippen molar-refractivity contribution >= 4 is 38.4 Å². The van der Waals surface area contributed by atoms with E-state index < -0.39 is 11.1 Å². The number of nitrogens with zero attached hydrogens (tertiary/aromatic N) is 1. The maximum Gasteiger partial charge on any atom is 0.264 e. The van der Waals surface area contributed by atoms with Crippen molar-refractivity contribution in [2.24, 2.45) is 0 Å². The number of rotatable bonds is 4. The van der Waals surface area contributed by atoms with Crippen LogP contribution in [0.5, 0.6) is 0 Å². The summed E-state index contributed by atoms with van der Waals surface area (Å²) >= 11 is 0.0733. The zero-order chi connectivity index (χ0) is 18.8. The number of carbonyl (C=O) groups is 1. The third-order valence-electron chi connectivity index (χ3n) is 4.58. The van der Waals surface area contributed by atoms with Crippen LogP contribution in [0.2, 0.25) is 0 Å². The molecule has 4 rings (SSSR count). The molecule has 7 heteroatoms. The summed E-state index contributed by atoms with van der Waals surface area (Å²) in [6.45, 7) is 2.46. The summed E-state index contributed by atoms with van der Waals surface area (Å²) in [5.74, 6) is 0.0660. The molecule has 0 N–H and O–H groups in total. The van der Waals surface area contributed by atoms with Gasteiger partial charge in [-0.05, 0) is 35.4 Å². The molecule has 1 aromatic heterocycles. The van der Waals surface area contributed by atoms with E-state index in [1.54, 1.807) is 12.1 Å². The summed E-state index contributed by atoms with van der Waals surface area (Å²) < 4.78 is 23.0. The fraction of sp³-hybridized carbons (Fsp3) is 0.250. The van der Waals surface area contributed by atoms with Gasteiger partial charge in [-0.2, -0.15) is 0 Å². The van der Waals surface area contributed by atoms with Crippen molar-refractivity contribution in [2.45, 2.75) is 4.90 Å². The van der Waals surface area contributed by atoms with Crippen molar-refractivity contribution < 1.29 is 17.9 Å². The maximum atomic E-state index is 12.8. The predicted molar refractivity (Wildman–Crippen MR) is 107 cm³/mol. The SMILES string of the molecule is COS(=O)c1ccc(-c2cccc3sc(C(=O)N4CCOCC4)cc23)cc1. The van der Waals surface area contributed by atoms with Crippen molar-refractivity contribution in [1.82, 2.24) is 4.90 Å². The molecule has 3 aromatic rings. The van der Waals surface area contributed by atoms with Gasteiger partial charge in [0.15, 0.2) is 11.1 Å². The lowest BCUT2D eigenvalue weighted by Gasteiger charge is -2.26. The number of ether oxygens (including phenoxy) is 1. The number of benzene rings is 2. The summed E-state index contributed by atoms with van der Waals surface area (Å²) in [4.78, 5) is 16.0. The molecular formula is C20H19NO4S2. The van der Waals surface area contributed by atoms with E-state index in [-0.39, 0.29) is 5.91 Å². The number of fused-ring (bicyclic) bond motifs is 1. The zero-order valence-electron chi connectivity index (χ0n) is 14.8. The van der Waals surface area contributed by atoms with Gasteiger partial charge >= 0.3 is 0 Å². The fourth-order valence-corrected chi connectivity index (χ4v) is 4.79. The van der Waals surface area contributed by atoms with Crippen molar-refractivity contribution in [1.29, 1.82) is 0 Å². The molecule has 0 spiro atoms. The van der Waals surface area contributed by atoms with E-state index in [0.717, 1.165) is 26.1 Å². The van der Waals surface area contributed by atoms with E-state index in [0.29, 0.717) is 31.2 Å². The number of amides is 1. The van der Waals surface area contributed by atoms with E-state index in [1.807, 2.05) is 41.3 Å². The second-order valence-corrected chi connectivity index (χ2v) is 8.52. The van der Waals surface area contributed by atoms with E-state index in [2.05, 4.69) is 0 Å². The molecule has 0 bridgehead atoms. The van der Waals surface area contributed by atoms with Gasteiger partial charge in [0.1, 0.15) is 0 Å². The molecule has 0 radical (unpaired) electrons. The first-order valence-electron chi connectivity index (χ1n) is 8.63. The Hall–Kier alpha value is -2.06. The Kier molecular flexibility index (Phi) is 5.36. The second kappa shape index (κ2) is 7.90. The summed E-state index contributed by atoms with van der Waals surface area (Å²) in [7, 11) is 1.42. The zero-order valence-corrected chi connectivity index (χ0v) is 16.5. The highest BCUT2D eigenvalue weighted by Crippen LogP contribution is 2.35. The molecule has 0 saturated carbocycles. The third kappa shape index (κ3) is 3.68. The minimum absolute atomic E-state index is 0.0660. The quantitative estimate of drug-likeness (QED) is 0.669. The Morgan fingerprint density at radius 3 is 2.59 bits per heavy atom. The van der Waals surface area contributed by atoms with Crippen LogP contribution in [0.1, 0.15) is 9.67 Å². The van der Waals surface area contributed by atoms with Crippen LogP contribution in [0, 0.1) is 0 Å². The lowest BCUT2D eigenvalue weighted by Crippen LogP contribution is -2.40. The molecule has 1 aliphatic heterocycles. The van der Waals surface area contributed by atoms with Crippen LogP contribution in [0.25, 0.3) is 21.2 Å². The van der Waals surface area contributed by atoms with Gasteiger partial charge in [-0.25, -0.2) is 4.21 Å². The lowest BCUT2D eigenvalue weighted by atomic mass is 10.0. The van der Waals surface area contributed by atoms with Gasteiger partial charge in [0, 0.05) is 23.2 Å². The standard InChI is InChI=1S/C20H19NO4S2/c1-24-27(23)15-7-5-14(6-8-15)16-3-2-4-18-17(16)13-19(26-18)20(22)21-9-11-25-12-10-21/h2-8,13H,9-12H2,1H3. The molecule has 1 atom stereocenters. The van der Waals surface area contributed by atoms with Crippen LogP contribution >= 0.6 is 11.3 Å². The molecule has 27 heavy (non-hydrogen) atoms. The average Bonchev–Trinajstić information content (AvgIpc) is 3.18. The normalized spacial score (nSPS) is 15.8. The van der Waals surface area contributed by atoms with Gasteiger partial charge in [-0.3, -0.25) is 8.98 Å². The molecule has 2 aromatic carbocycles. The largest absolute Gasteiger partial charge is 0.378 e. The Morgan fingerprint density at radius 1 is 1.15 bits per heavy atom. The van der Waals surface area contributed by atoms with Gasteiger partial charge in [-0.1, -0.05) is 24.3 Å². The topological polar surface area (TPSA) is 55.8 Å². The van der Waals surface area contributed by atoms with E-state index >= 15 is 0 Å². The van der Waals surface area contributed by atoms with Crippen LogP contribution < -0.4 is 0 Å². The van der Waals surface area contributed by atoms with Gasteiger partial charge in [0.25, 0.3) is 5.91 Å². The third-order valence-corrected chi connectivity index (χ3v) is 6.63. The van der Waals surface area contributed by atoms with E-state index in [1.165, 1.54) is 18.4 Å². The minimum Gasteiger partial charge on any atom is -0.378 e. The highest BCUT2D eigenvalue weighted by molar-refractivity contribution is 7.80. The summed E-state index contributed by atoms with van der Waals surface area (Å²) in [6, 6.07) is 15.5. The smallest absolute Gasteiger partial charge is 0.264 e. The molecule has 140 valence electrons. The second-order valence-electron chi connectivity index (χ2n) is 6.16. The van der Waals surface area contributed by atoms with Crippen LogP contribution in [-0.2, 0) is 20.0 Å². The number of morpholine rings is 1. The minimum atomic E-state index is -1.45. The number of thiophene rings is 1. The monoisotopic (exact) mass is 401 g/mol. The highest BCUT2D eigenvalue weighted by Gasteiger charge is 2.21. The number of hydrogen-bond acceptors (Lipinski definition) is 5. The first kappa shape index (κ1) is 18.3. The molecule has 0 aliphatic carbocycles. The number of hydrogen-bond donors (Lipinski definition) is 0. The highest BCUT2D eigenvalue weighted by atomic mass is 32.2. The Labute approximate surface area is 164 Å². The van der Waals surface area contributed by atoms with Gasteiger partial charge in [0.05, 0.1) is 30.1 Å². The fourth-order valence-electron chi connectivity index (χ4n) is 3.18. The van der Waals surface area contributed by atoms with E-state index in [9.17, 15) is 9.00 Å². The van der Waals surface area contributed by atoms with Crippen molar-refractivity contribution in [3.05, 3.63) is 53.4 Å². The van der Waals surface area contributed by atoms with Gasteiger partial charge in [-0.15, -0.1) is 11.3 Å². The molecule has 1 unspecified atom stereocenters. The molecule has 1 amide bonds. The molecule has 2 heterocycles. The van der Waals surface area contributed by atoms with Crippen LogP contribution in [-0.4, -0.2) is 48.4 Å². The van der Waals surface area contributed by atoms with Crippen molar-refractivity contribution in [3.8, 4) is 11.1 Å². The number of carbonyl (C=O) groups excluding carboxylic acids is 1. The summed E-state index contributed by atoms with van der Waals surface area (Å²) in [5, 5.41) is 1.06. The Bertz CT molecular complexity index is 991. The predicted octanol–water partition coefficient (Wildman–Crippen LogP) is 3.71. The molecule has 1 aliphatic rings. The van der Waals surface area contributed by atoms with Gasteiger partial charge < -0.3 is 9.64 Å². The van der Waals surface area contributed by atoms with Crippen LogP contribution in [0.15, 0.2) is 53.4 Å².